The summed E-state index contributed by atoms with van der Waals surface area (Å²) >= 11 is 3.41. The number of benzene rings is 2. The molecule has 35 heavy (non-hydrogen) atoms. The third kappa shape index (κ3) is 6.16. The minimum atomic E-state index is -1.08. The van der Waals surface area contributed by atoms with E-state index in [1.807, 2.05) is 26.0 Å². The Morgan fingerprint density at radius 1 is 1.31 bits per heavy atom. The number of halogens is 1. The summed E-state index contributed by atoms with van der Waals surface area (Å²) in [7, 11) is 0. The van der Waals surface area contributed by atoms with E-state index in [2.05, 4.69) is 32.6 Å². The largest absolute Gasteiger partial charge is 0.490 e. The first-order valence-electron chi connectivity index (χ1n) is 11.3. The van der Waals surface area contributed by atoms with Gasteiger partial charge in [0.1, 0.15) is 5.82 Å². The van der Waals surface area contributed by atoms with Gasteiger partial charge in [0.15, 0.2) is 17.6 Å². The van der Waals surface area contributed by atoms with E-state index in [0.717, 1.165) is 10.9 Å². The van der Waals surface area contributed by atoms with Gasteiger partial charge >= 0.3 is 5.97 Å². The van der Waals surface area contributed by atoms with Crippen molar-refractivity contribution in [1.82, 2.24) is 9.66 Å². The van der Waals surface area contributed by atoms with Crippen LogP contribution in [0, 0.1) is 0 Å². The molecule has 0 aliphatic heterocycles. The minimum Gasteiger partial charge on any atom is -0.490 e. The Labute approximate surface area is 212 Å². The fraction of sp³-hybridized carbons (Fsp3) is 0.308. The number of fused-ring (bicyclic) bond motifs is 1. The van der Waals surface area contributed by atoms with Gasteiger partial charge in [0.25, 0.3) is 5.56 Å². The Bertz CT molecular complexity index is 1330. The third-order valence-electron chi connectivity index (χ3n) is 5.13. The normalized spacial score (nSPS) is 12.1. The fourth-order valence-electron chi connectivity index (χ4n) is 3.51. The molecule has 9 heteroatoms. The van der Waals surface area contributed by atoms with Crippen LogP contribution in [0.3, 0.4) is 0 Å². The summed E-state index contributed by atoms with van der Waals surface area (Å²) in [4.78, 5) is 29.3. The van der Waals surface area contributed by atoms with Crippen LogP contribution in [0.1, 0.15) is 44.1 Å². The zero-order valence-electron chi connectivity index (χ0n) is 20.0. The molecule has 1 heterocycles. The van der Waals surface area contributed by atoms with Crippen molar-refractivity contribution in [2.24, 2.45) is 5.10 Å². The molecule has 3 rings (SSSR count). The van der Waals surface area contributed by atoms with Gasteiger partial charge in [-0.25, -0.2) is 9.78 Å². The Hall–Kier alpha value is -3.46. The number of carboxylic acid groups (broad SMARTS) is 1. The number of aromatic nitrogens is 2. The lowest BCUT2D eigenvalue weighted by Gasteiger charge is -2.18. The Kier molecular flexibility index (Phi) is 8.81. The van der Waals surface area contributed by atoms with E-state index in [0.29, 0.717) is 58.8 Å². The highest BCUT2D eigenvalue weighted by atomic mass is 79.9. The predicted octanol–water partition coefficient (Wildman–Crippen LogP) is 4.97. The average Bonchev–Trinajstić information content (AvgIpc) is 2.81. The number of aliphatic carboxylic acids is 1. The Morgan fingerprint density at radius 2 is 2.09 bits per heavy atom. The van der Waals surface area contributed by atoms with Crippen LogP contribution in [0.2, 0.25) is 0 Å². The van der Waals surface area contributed by atoms with E-state index in [4.69, 9.17) is 9.47 Å². The van der Waals surface area contributed by atoms with Crippen molar-refractivity contribution in [3.05, 3.63) is 74.8 Å². The maximum atomic E-state index is 13.3. The standard InChI is InChI=1S/C26H28BrN3O5/c1-5-8-18-12-17(13-22(34-7-3)24(18)35-16(4)26(32)33)15-28-30-23(9-6-2)29-21-11-10-19(27)14-20(21)25(30)31/h5,10-16H,1,6-9H2,2-4H3,(H,32,33)/t16-/m1/s1. The summed E-state index contributed by atoms with van der Waals surface area (Å²) in [5.41, 5.74) is 1.71. The molecule has 1 N–H and O–H groups in total. The van der Waals surface area contributed by atoms with Crippen LogP contribution in [-0.4, -0.2) is 39.7 Å². The van der Waals surface area contributed by atoms with Crippen molar-refractivity contribution >= 4 is 39.0 Å². The molecule has 0 bridgehead atoms. The number of allylic oxidation sites excluding steroid dienone is 1. The van der Waals surface area contributed by atoms with E-state index in [-0.39, 0.29) is 5.56 Å². The zero-order chi connectivity index (χ0) is 25.5. The molecule has 0 radical (unpaired) electrons. The van der Waals surface area contributed by atoms with Gasteiger partial charge in [0, 0.05) is 16.5 Å². The lowest BCUT2D eigenvalue weighted by atomic mass is 10.1. The van der Waals surface area contributed by atoms with Gasteiger partial charge in [-0.1, -0.05) is 28.9 Å². The zero-order valence-corrected chi connectivity index (χ0v) is 21.5. The quantitative estimate of drug-likeness (QED) is 0.271. The van der Waals surface area contributed by atoms with Crippen molar-refractivity contribution < 1.29 is 19.4 Å². The van der Waals surface area contributed by atoms with Gasteiger partial charge in [-0.05, 0) is 62.6 Å². The number of hydrogen-bond acceptors (Lipinski definition) is 6. The number of hydrogen-bond donors (Lipinski definition) is 1. The highest BCUT2D eigenvalue weighted by molar-refractivity contribution is 9.10. The number of ether oxygens (including phenoxy) is 2. The minimum absolute atomic E-state index is 0.261. The second-order valence-corrected chi connectivity index (χ2v) is 8.75. The highest BCUT2D eigenvalue weighted by Gasteiger charge is 2.20. The summed E-state index contributed by atoms with van der Waals surface area (Å²) < 4.78 is 13.6. The molecular formula is C26H28BrN3O5. The van der Waals surface area contributed by atoms with E-state index in [1.54, 1.807) is 30.5 Å². The second-order valence-electron chi connectivity index (χ2n) is 7.83. The third-order valence-corrected chi connectivity index (χ3v) is 5.63. The van der Waals surface area contributed by atoms with E-state index in [9.17, 15) is 14.7 Å². The Balaban J connectivity index is 2.13. The molecule has 0 amide bonds. The maximum absolute atomic E-state index is 13.3. The van der Waals surface area contributed by atoms with Gasteiger partial charge in [0.05, 0.1) is 23.7 Å². The van der Waals surface area contributed by atoms with Crippen molar-refractivity contribution in [2.75, 3.05) is 6.61 Å². The number of aryl methyl sites for hydroxylation is 1. The van der Waals surface area contributed by atoms with Crippen LogP contribution in [0.4, 0.5) is 0 Å². The highest BCUT2D eigenvalue weighted by Crippen LogP contribution is 2.34. The predicted molar refractivity (Wildman–Crippen MR) is 140 cm³/mol. The van der Waals surface area contributed by atoms with Gasteiger partial charge < -0.3 is 14.6 Å². The smallest absolute Gasteiger partial charge is 0.344 e. The van der Waals surface area contributed by atoms with Crippen molar-refractivity contribution in [1.29, 1.82) is 0 Å². The summed E-state index contributed by atoms with van der Waals surface area (Å²) in [6.45, 7) is 9.44. The van der Waals surface area contributed by atoms with Gasteiger partial charge in [-0.15, -0.1) is 6.58 Å². The summed E-state index contributed by atoms with van der Waals surface area (Å²) in [5.74, 6) is 0.221. The van der Waals surface area contributed by atoms with Crippen LogP contribution in [0.5, 0.6) is 11.5 Å². The molecule has 0 fully saturated rings. The van der Waals surface area contributed by atoms with E-state index in [1.165, 1.54) is 11.6 Å². The summed E-state index contributed by atoms with van der Waals surface area (Å²) in [6, 6.07) is 8.91. The lowest BCUT2D eigenvalue weighted by molar-refractivity contribution is -0.144. The molecule has 0 saturated heterocycles. The summed E-state index contributed by atoms with van der Waals surface area (Å²) in [6.07, 6.45) is 4.01. The van der Waals surface area contributed by atoms with Crippen molar-refractivity contribution in [2.45, 2.75) is 46.1 Å². The molecule has 2 aromatic carbocycles. The first kappa shape index (κ1) is 26.2. The molecule has 0 saturated carbocycles. The van der Waals surface area contributed by atoms with Crippen LogP contribution in [0.25, 0.3) is 10.9 Å². The van der Waals surface area contributed by atoms with Crippen molar-refractivity contribution in [3.63, 3.8) is 0 Å². The first-order chi connectivity index (χ1) is 16.8. The monoisotopic (exact) mass is 541 g/mol. The number of carboxylic acids is 1. The van der Waals surface area contributed by atoms with Crippen LogP contribution in [0.15, 0.2) is 57.4 Å². The number of rotatable bonds is 11. The van der Waals surface area contributed by atoms with E-state index >= 15 is 0 Å². The lowest BCUT2D eigenvalue weighted by Crippen LogP contribution is -2.24. The molecule has 0 aliphatic carbocycles. The summed E-state index contributed by atoms with van der Waals surface area (Å²) in [5, 5.41) is 14.2. The SMILES string of the molecule is C=CCc1cc(C=Nn2c(CCC)nc3ccc(Br)cc3c2=O)cc(OCC)c1O[C@H](C)C(=O)O. The molecule has 184 valence electrons. The van der Waals surface area contributed by atoms with Gasteiger partial charge in [-0.3, -0.25) is 4.79 Å². The second kappa shape index (κ2) is 11.8. The Morgan fingerprint density at radius 3 is 2.74 bits per heavy atom. The molecule has 0 aliphatic rings. The molecule has 8 nitrogen and oxygen atoms in total. The van der Waals surface area contributed by atoms with Gasteiger partial charge in [-0.2, -0.15) is 9.78 Å². The molecule has 3 aromatic rings. The fourth-order valence-corrected chi connectivity index (χ4v) is 3.87. The molecule has 0 spiro atoms. The van der Waals surface area contributed by atoms with Crippen LogP contribution >= 0.6 is 15.9 Å². The van der Waals surface area contributed by atoms with Crippen molar-refractivity contribution in [3.8, 4) is 11.5 Å². The van der Waals surface area contributed by atoms with Crippen LogP contribution < -0.4 is 15.0 Å². The van der Waals surface area contributed by atoms with Crippen LogP contribution in [-0.2, 0) is 17.6 Å². The maximum Gasteiger partial charge on any atom is 0.344 e. The molecule has 1 aromatic heterocycles. The molecule has 1 atom stereocenters. The molecule has 0 unspecified atom stereocenters. The van der Waals surface area contributed by atoms with Gasteiger partial charge in [0.2, 0.25) is 0 Å². The van der Waals surface area contributed by atoms with E-state index < -0.39 is 12.1 Å². The topological polar surface area (TPSA) is 103 Å². The molecular weight excluding hydrogens is 514 g/mol. The first-order valence-corrected chi connectivity index (χ1v) is 12.1. The number of carbonyl (C=O) groups is 1. The average molecular weight is 542 g/mol. The number of nitrogens with zero attached hydrogens (tertiary/aromatic N) is 3.